The normalized spacial score (nSPS) is 10.8. The third-order valence-electron chi connectivity index (χ3n) is 3.75. The number of carbonyl (C=O) groups excluding carboxylic acids is 2. The number of rotatable bonds is 6. The average Bonchev–Trinajstić information content (AvgIpc) is 2.62. The SMILES string of the molecule is CCN(CC(=O)Nc1c(F)cccc1F)C(=O)/C=C/c1ccc(C)cc1. The highest BCUT2D eigenvalue weighted by Crippen LogP contribution is 2.17. The number of halogens is 2. The molecule has 0 saturated heterocycles. The maximum atomic E-state index is 13.6. The van der Waals surface area contributed by atoms with Gasteiger partial charge in [0.05, 0.1) is 0 Å². The van der Waals surface area contributed by atoms with E-state index in [1.807, 2.05) is 31.2 Å². The number of hydrogen-bond acceptors (Lipinski definition) is 2. The summed E-state index contributed by atoms with van der Waals surface area (Å²) in [5, 5.41) is 2.17. The van der Waals surface area contributed by atoms with Gasteiger partial charge in [0, 0.05) is 12.6 Å². The van der Waals surface area contributed by atoms with Crippen molar-refractivity contribution in [2.45, 2.75) is 13.8 Å². The Balaban J connectivity index is 2.00. The molecular formula is C20H20F2N2O2. The Kier molecular flexibility index (Phi) is 6.60. The summed E-state index contributed by atoms with van der Waals surface area (Å²) in [5.74, 6) is -2.77. The third-order valence-corrected chi connectivity index (χ3v) is 3.75. The van der Waals surface area contributed by atoms with Crippen LogP contribution in [0.3, 0.4) is 0 Å². The zero-order valence-electron chi connectivity index (χ0n) is 14.6. The summed E-state index contributed by atoms with van der Waals surface area (Å²) >= 11 is 0. The van der Waals surface area contributed by atoms with Crippen molar-refractivity contribution in [3.05, 3.63) is 71.3 Å². The van der Waals surface area contributed by atoms with Crippen LogP contribution in [-0.4, -0.2) is 29.8 Å². The van der Waals surface area contributed by atoms with E-state index in [0.717, 1.165) is 23.3 Å². The van der Waals surface area contributed by atoms with Crippen LogP contribution in [0.5, 0.6) is 0 Å². The summed E-state index contributed by atoms with van der Waals surface area (Å²) in [7, 11) is 0. The van der Waals surface area contributed by atoms with Crippen LogP contribution in [-0.2, 0) is 9.59 Å². The number of aryl methyl sites for hydroxylation is 1. The van der Waals surface area contributed by atoms with E-state index >= 15 is 0 Å². The molecule has 2 rings (SSSR count). The van der Waals surface area contributed by atoms with E-state index in [2.05, 4.69) is 5.32 Å². The van der Waals surface area contributed by atoms with E-state index in [-0.39, 0.29) is 19.0 Å². The van der Waals surface area contributed by atoms with Gasteiger partial charge in [0.15, 0.2) is 0 Å². The first-order chi connectivity index (χ1) is 12.4. The lowest BCUT2D eigenvalue weighted by Crippen LogP contribution is -2.37. The Morgan fingerprint density at radius 3 is 2.27 bits per heavy atom. The van der Waals surface area contributed by atoms with Gasteiger partial charge in [-0.1, -0.05) is 35.9 Å². The molecule has 4 nitrogen and oxygen atoms in total. The molecule has 0 saturated carbocycles. The number of carbonyl (C=O) groups is 2. The fourth-order valence-corrected chi connectivity index (χ4v) is 2.27. The zero-order valence-corrected chi connectivity index (χ0v) is 14.6. The highest BCUT2D eigenvalue weighted by atomic mass is 19.1. The van der Waals surface area contributed by atoms with Crippen molar-refractivity contribution in [3.63, 3.8) is 0 Å². The molecule has 1 N–H and O–H groups in total. The number of likely N-dealkylation sites (N-methyl/N-ethyl adjacent to an activating group) is 1. The summed E-state index contributed by atoms with van der Waals surface area (Å²) < 4.78 is 27.2. The van der Waals surface area contributed by atoms with Crippen molar-refractivity contribution >= 4 is 23.6 Å². The standard InChI is InChI=1S/C20H20F2N2O2/c1-3-24(19(26)12-11-15-9-7-14(2)8-10-15)13-18(25)23-20-16(21)5-4-6-17(20)22/h4-12H,3,13H2,1-2H3,(H,23,25)/b12-11+. The maximum Gasteiger partial charge on any atom is 0.247 e. The monoisotopic (exact) mass is 358 g/mol. The van der Waals surface area contributed by atoms with Gasteiger partial charge in [-0.2, -0.15) is 0 Å². The summed E-state index contributed by atoms with van der Waals surface area (Å²) in [6, 6.07) is 10.9. The Bertz CT molecular complexity index is 797. The first kappa shape index (κ1) is 19.3. The van der Waals surface area contributed by atoms with Crippen molar-refractivity contribution in [1.29, 1.82) is 0 Å². The van der Waals surface area contributed by atoms with Crippen LogP contribution in [0.15, 0.2) is 48.5 Å². The van der Waals surface area contributed by atoms with Gasteiger partial charge in [0.25, 0.3) is 0 Å². The van der Waals surface area contributed by atoms with Crippen molar-refractivity contribution in [2.75, 3.05) is 18.4 Å². The van der Waals surface area contributed by atoms with Crippen LogP contribution in [0.25, 0.3) is 6.08 Å². The first-order valence-corrected chi connectivity index (χ1v) is 8.18. The number of nitrogens with one attached hydrogen (secondary N) is 1. The van der Waals surface area contributed by atoms with Crippen LogP contribution in [0.1, 0.15) is 18.1 Å². The summed E-state index contributed by atoms with van der Waals surface area (Å²) in [4.78, 5) is 25.6. The Labute approximate surface area is 151 Å². The van der Waals surface area contributed by atoms with Crippen molar-refractivity contribution in [1.82, 2.24) is 4.90 Å². The number of amides is 2. The van der Waals surface area contributed by atoms with E-state index in [9.17, 15) is 18.4 Å². The molecular weight excluding hydrogens is 338 g/mol. The van der Waals surface area contributed by atoms with E-state index < -0.39 is 23.2 Å². The topological polar surface area (TPSA) is 49.4 Å². The lowest BCUT2D eigenvalue weighted by Gasteiger charge is -2.18. The van der Waals surface area contributed by atoms with E-state index in [4.69, 9.17) is 0 Å². The molecule has 2 aromatic carbocycles. The minimum absolute atomic E-state index is 0.282. The molecule has 2 aromatic rings. The van der Waals surface area contributed by atoms with Crippen LogP contribution in [0.2, 0.25) is 0 Å². The van der Waals surface area contributed by atoms with Crippen molar-refractivity contribution < 1.29 is 18.4 Å². The highest BCUT2D eigenvalue weighted by Gasteiger charge is 2.16. The average molecular weight is 358 g/mol. The molecule has 0 aliphatic carbocycles. The van der Waals surface area contributed by atoms with Gasteiger partial charge in [0.2, 0.25) is 11.8 Å². The quantitative estimate of drug-likeness (QED) is 0.799. The van der Waals surface area contributed by atoms with Crippen molar-refractivity contribution in [2.24, 2.45) is 0 Å². The fourth-order valence-electron chi connectivity index (χ4n) is 2.27. The van der Waals surface area contributed by atoms with E-state index in [1.165, 1.54) is 17.0 Å². The van der Waals surface area contributed by atoms with Gasteiger partial charge in [-0.05, 0) is 37.6 Å². The molecule has 0 heterocycles. The summed E-state index contributed by atoms with van der Waals surface area (Å²) in [6.07, 6.45) is 3.02. The lowest BCUT2D eigenvalue weighted by molar-refractivity contribution is -0.130. The summed E-state index contributed by atoms with van der Waals surface area (Å²) in [5.41, 5.74) is 1.45. The first-order valence-electron chi connectivity index (χ1n) is 8.18. The molecule has 6 heteroatoms. The second kappa shape index (κ2) is 8.89. The Hall–Kier alpha value is -3.02. The molecule has 0 atom stereocenters. The second-order valence-corrected chi connectivity index (χ2v) is 5.74. The number of anilines is 1. The van der Waals surface area contributed by atoms with Crippen LogP contribution < -0.4 is 5.32 Å². The largest absolute Gasteiger partial charge is 0.330 e. The van der Waals surface area contributed by atoms with Gasteiger partial charge in [0.1, 0.15) is 23.9 Å². The minimum atomic E-state index is -0.869. The molecule has 0 aliphatic heterocycles. The zero-order chi connectivity index (χ0) is 19.1. The molecule has 0 fully saturated rings. The molecule has 0 aromatic heterocycles. The van der Waals surface area contributed by atoms with Gasteiger partial charge >= 0.3 is 0 Å². The Morgan fingerprint density at radius 1 is 1.08 bits per heavy atom. The lowest BCUT2D eigenvalue weighted by atomic mass is 10.1. The van der Waals surface area contributed by atoms with E-state index in [0.29, 0.717) is 0 Å². The predicted octanol–water partition coefficient (Wildman–Crippen LogP) is 3.77. The molecule has 26 heavy (non-hydrogen) atoms. The fraction of sp³-hybridized carbons (Fsp3) is 0.200. The molecule has 0 bridgehead atoms. The van der Waals surface area contributed by atoms with Crippen LogP contribution in [0.4, 0.5) is 14.5 Å². The van der Waals surface area contributed by atoms with Crippen LogP contribution in [0, 0.1) is 18.6 Å². The van der Waals surface area contributed by atoms with Gasteiger partial charge in [-0.15, -0.1) is 0 Å². The molecule has 0 unspecified atom stereocenters. The third kappa shape index (κ3) is 5.24. The number of hydrogen-bond donors (Lipinski definition) is 1. The molecule has 0 radical (unpaired) electrons. The summed E-state index contributed by atoms with van der Waals surface area (Å²) in [6.45, 7) is 3.66. The highest BCUT2D eigenvalue weighted by molar-refractivity contribution is 5.98. The number of nitrogens with zero attached hydrogens (tertiary/aromatic N) is 1. The molecule has 136 valence electrons. The molecule has 0 spiro atoms. The van der Waals surface area contributed by atoms with Gasteiger partial charge in [-0.25, -0.2) is 8.78 Å². The van der Waals surface area contributed by atoms with E-state index in [1.54, 1.807) is 13.0 Å². The minimum Gasteiger partial charge on any atom is -0.330 e. The smallest absolute Gasteiger partial charge is 0.247 e. The number of benzene rings is 2. The molecule has 0 aliphatic rings. The van der Waals surface area contributed by atoms with Gasteiger partial charge < -0.3 is 10.2 Å². The number of para-hydroxylation sites is 1. The molecule has 2 amide bonds. The predicted molar refractivity (Wildman–Crippen MR) is 97.5 cm³/mol. The maximum absolute atomic E-state index is 13.6. The van der Waals surface area contributed by atoms with Gasteiger partial charge in [-0.3, -0.25) is 9.59 Å². The van der Waals surface area contributed by atoms with Crippen LogP contribution >= 0.6 is 0 Å². The Morgan fingerprint density at radius 2 is 1.69 bits per heavy atom. The van der Waals surface area contributed by atoms with Crippen molar-refractivity contribution in [3.8, 4) is 0 Å². The second-order valence-electron chi connectivity index (χ2n) is 5.74.